The number of imidazole rings is 1. The first-order valence-electron chi connectivity index (χ1n) is 5.93. The van der Waals surface area contributed by atoms with Crippen molar-refractivity contribution in [3.05, 3.63) is 48.0 Å². The Bertz CT molecular complexity index is 506. The number of aryl methyl sites for hydroxylation is 1. The summed E-state index contributed by atoms with van der Waals surface area (Å²) in [5.74, 6) is 0. The van der Waals surface area contributed by atoms with Gasteiger partial charge in [0.25, 0.3) is 0 Å². The average molecular weight is 229 g/mol. The SMILES string of the molecule is CCc1cccc(-n2cncc2C(C)(C)N)c1. The molecule has 17 heavy (non-hydrogen) atoms. The molecule has 2 aromatic rings. The molecule has 0 saturated heterocycles. The minimum absolute atomic E-state index is 0.390. The largest absolute Gasteiger partial charge is 0.321 e. The van der Waals surface area contributed by atoms with E-state index in [0.717, 1.165) is 17.8 Å². The van der Waals surface area contributed by atoms with E-state index < -0.39 is 5.54 Å². The third-order valence-corrected chi connectivity index (χ3v) is 2.90. The number of nitrogens with zero attached hydrogens (tertiary/aromatic N) is 2. The number of aromatic nitrogens is 2. The van der Waals surface area contributed by atoms with Crippen LogP contribution >= 0.6 is 0 Å². The first-order chi connectivity index (χ1) is 8.02. The van der Waals surface area contributed by atoms with Crippen LogP contribution in [-0.2, 0) is 12.0 Å². The van der Waals surface area contributed by atoms with Crippen molar-refractivity contribution in [1.29, 1.82) is 0 Å². The van der Waals surface area contributed by atoms with E-state index in [9.17, 15) is 0 Å². The molecule has 1 heterocycles. The Morgan fingerprint density at radius 1 is 1.35 bits per heavy atom. The molecule has 90 valence electrons. The quantitative estimate of drug-likeness (QED) is 0.879. The summed E-state index contributed by atoms with van der Waals surface area (Å²) in [5, 5.41) is 0. The minimum Gasteiger partial charge on any atom is -0.321 e. The van der Waals surface area contributed by atoms with E-state index in [4.69, 9.17) is 5.73 Å². The lowest BCUT2D eigenvalue weighted by Crippen LogP contribution is -2.31. The van der Waals surface area contributed by atoms with Crippen molar-refractivity contribution in [1.82, 2.24) is 9.55 Å². The van der Waals surface area contributed by atoms with Crippen molar-refractivity contribution >= 4 is 0 Å². The molecule has 2 N–H and O–H groups in total. The van der Waals surface area contributed by atoms with Crippen LogP contribution in [-0.4, -0.2) is 9.55 Å². The van der Waals surface area contributed by atoms with Crippen molar-refractivity contribution in [3.8, 4) is 5.69 Å². The second-order valence-electron chi connectivity index (χ2n) is 4.89. The third-order valence-electron chi connectivity index (χ3n) is 2.90. The molecule has 1 aromatic carbocycles. The fourth-order valence-electron chi connectivity index (χ4n) is 1.90. The molecule has 2 rings (SSSR count). The first kappa shape index (κ1) is 11.9. The summed E-state index contributed by atoms with van der Waals surface area (Å²) in [6.45, 7) is 6.13. The van der Waals surface area contributed by atoms with Crippen LogP contribution < -0.4 is 5.73 Å². The Balaban J connectivity index is 2.50. The zero-order chi connectivity index (χ0) is 12.5. The van der Waals surface area contributed by atoms with Crippen LogP contribution in [0.25, 0.3) is 5.69 Å². The van der Waals surface area contributed by atoms with Gasteiger partial charge >= 0.3 is 0 Å². The van der Waals surface area contributed by atoms with E-state index in [1.165, 1.54) is 5.56 Å². The van der Waals surface area contributed by atoms with Gasteiger partial charge in [0.2, 0.25) is 0 Å². The van der Waals surface area contributed by atoms with Gasteiger partial charge in [0, 0.05) is 5.69 Å². The maximum atomic E-state index is 6.15. The van der Waals surface area contributed by atoms with Gasteiger partial charge in [0.15, 0.2) is 0 Å². The summed E-state index contributed by atoms with van der Waals surface area (Å²) in [4.78, 5) is 4.20. The van der Waals surface area contributed by atoms with Gasteiger partial charge in [-0.15, -0.1) is 0 Å². The van der Waals surface area contributed by atoms with E-state index in [1.54, 1.807) is 0 Å². The molecule has 0 amide bonds. The summed E-state index contributed by atoms with van der Waals surface area (Å²) in [7, 11) is 0. The van der Waals surface area contributed by atoms with Gasteiger partial charge in [-0.25, -0.2) is 4.98 Å². The van der Waals surface area contributed by atoms with Crippen LogP contribution in [0.5, 0.6) is 0 Å². The fourth-order valence-corrected chi connectivity index (χ4v) is 1.90. The lowest BCUT2D eigenvalue weighted by Gasteiger charge is -2.21. The fraction of sp³-hybridized carbons (Fsp3) is 0.357. The molecule has 0 atom stereocenters. The molecule has 3 nitrogen and oxygen atoms in total. The predicted octanol–water partition coefficient (Wildman–Crippen LogP) is 2.63. The van der Waals surface area contributed by atoms with Crippen LogP contribution in [0.1, 0.15) is 32.0 Å². The lowest BCUT2D eigenvalue weighted by atomic mass is 10.0. The molecule has 1 aromatic heterocycles. The van der Waals surface area contributed by atoms with Gasteiger partial charge in [-0.2, -0.15) is 0 Å². The summed E-state index contributed by atoms with van der Waals surface area (Å²) in [6, 6.07) is 8.46. The highest BCUT2D eigenvalue weighted by Gasteiger charge is 2.19. The number of nitrogens with two attached hydrogens (primary N) is 1. The van der Waals surface area contributed by atoms with Crippen LogP contribution in [0.3, 0.4) is 0 Å². The summed E-state index contributed by atoms with van der Waals surface area (Å²) in [5.41, 5.74) is 9.22. The van der Waals surface area contributed by atoms with Crippen LogP contribution in [0, 0.1) is 0 Å². The van der Waals surface area contributed by atoms with Crippen molar-refractivity contribution in [3.63, 3.8) is 0 Å². The highest BCUT2D eigenvalue weighted by molar-refractivity contribution is 5.38. The van der Waals surface area contributed by atoms with E-state index in [0.29, 0.717) is 0 Å². The molecular formula is C14H19N3. The second-order valence-corrected chi connectivity index (χ2v) is 4.89. The Hall–Kier alpha value is -1.61. The first-order valence-corrected chi connectivity index (χ1v) is 5.93. The third kappa shape index (κ3) is 2.39. The Kier molecular flexibility index (Phi) is 3.03. The molecule has 0 unspecified atom stereocenters. The molecule has 3 heteroatoms. The highest BCUT2D eigenvalue weighted by atomic mass is 15.1. The molecule has 0 spiro atoms. The summed E-state index contributed by atoms with van der Waals surface area (Å²) >= 11 is 0. The molecule has 0 saturated carbocycles. The topological polar surface area (TPSA) is 43.8 Å². The highest BCUT2D eigenvalue weighted by Crippen LogP contribution is 2.21. The Morgan fingerprint density at radius 3 is 2.76 bits per heavy atom. The van der Waals surface area contributed by atoms with Gasteiger partial charge in [-0.05, 0) is 38.0 Å². The lowest BCUT2D eigenvalue weighted by molar-refractivity contribution is 0.524. The smallest absolute Gasteiger partial charge is 0.0994 e. The molecular weight excluding hydrogens is 210 g/mol. The normalized spacial score (nSPS) is 11.8. The average Bonchev–Trinajstić information content (AvgIpc) is 2.77. The van der Waals surface area contributed by atoms with Crippen molar-refractivity contribution in [2.45, 2.75) is 32.7 Å². The second kappa shape index (κ2) is 4.34. The van der Waals surface area contributed by atoms with Crippen molar-refractivity contribution in [2.75, 3.05) is 0 Å². The molecule has 0 radical (unpaired) electrons. The molecule has 0 aliphatic heterocycles. The molecule has 0 fully saturated rings. The Morgan fingerprint density at radius 2 is 2.12 bits per heavy atom. The van der Waals surface area contributed by atoms with E-state index in [2.05, 4.69) is 40.7 Å². The van der Waals surface area contributed by atoms with Gasteiger partial charge in [-0.1, -0.05) is 19.1 Å². The van der Waals surface area contributed by atoms with Crippen LogP contribution in [0.15, 0.2) is 36.8 Å². The number of hydrogen-bond acceptors (Lipinski definition) is 2. The van der Waals surface area contributed by atoms with E-state index in [-0.39, 0.29) is 0 Å². The summed E-state index contributed by atoms with van der Waals surface area (Å²) < 4.78 is 2.05. The number of rotatable bonds is 3. The maximum absolute atomic E-state index is 6.15. The zero-order valence-electron chi connectivity index (χ0n) is 10.6. The Labute approximate surface area is 102 Å². The van der Waals surface area contributed by atoms with Gasteiger partial charge in [-0.3, -0.25) is 0 Å². The number of hydrogen-bond donors (Lipinski definition) is 1. The van der Waals surface area contributed by atoms with Gasteiger partial charge in [0.05, 0.1) is 23.8 Å². The predicted molar refractivity (Wildman–Crippen MR) is 70.2 cm³/mol. The van der Waals surface area contributed by atoms with Crippen molar-refractivity contribution in [2.24, 2.45) is 5.73 Å². The molecule has 0 aliphatic carbocycles. The molecule has 0 bridgehead atoms. The van der Waals surface area contributed by atoms with Crippen molar-refractivity contribution < 1.29 is 0 Å². The minimum atomic E-state index is -0.390. The van der Waals surface area contributed by atoms with Gasteiger partial charge < -0.3 is 10.3 Å². The monoisotopic (exact) mass is 229 g/mol. The standard InChI is InChI=1S/C14H19N3/c1-4-11-6-5-7-12(8-11)17-10-16-9-13(17)14(2,3)15/h5-10H,4,15H2,1-3H3. The van der Waals surface area contributed by atoms with Gasteiger partial charge in [0.1, 0.15) is 0 Å². The zero-order valence-corrected chi connectivity index (χ0v) is 10.6. The van der Waals surface area contributed by atoms with Crippen LogP contribution in [0.4, 0.5) is 0 Å². The van der Waals surface area contributed by atoms with E-state index >= 15 is 0 Å². The molecule has 0 aliphatic rings. The maximum Gasteiger partial charge on any atom is 0.0994 e. The summed E-state index contributed by atoms with van der Waals surface area (Å²) in [6.07, 6.45) is 4.68. The van der Waals surface area contributed by atoms with Crippen LogP contribution in [0.2, 0.25) is 0 Å². The number of benzene rings is 1. The van der Waals surface area contributed by atoms with E-state index in [1.807, 2.05) is 26.4 Å².